The molecular formula is C128H226N2. The second kappa shape index (κ2) is 41.3. The molecule has 17 aliphatic rings. The van der Waals surface area contributed by atoms with E-state index in [1.165, 1.54) is 129 Å². The molecule has 17 rings (SSSR count). The van der Waals surface area contributed by atoms with Crippen molar-refractivity contribution in [1.29, 1.82) is 0 Å². The van der Waals surface area contributed by atoms with Crippen LogP contribution in [0.25, 0.3) is 0 Å². The van der Waals surface area contributed by atoms with Crippen molar-refractivity contribution in [3.8, 4) is 0 Å². The number of fused-ring (bicyclic) bond motifs is 3. The van der Waals surface area contributed by atoms with E-state index in [0.29, 0.717) is 55.4 Å². The van der Waals surface area contributed by atoms with Gasteiger partial charge in [0.25, 0.3) is 0 Å². The number of hydrogen-bond acceptors (Lipinski definition) is 2. The largest absolute Gasteiger partial charge is 0.312 e. The predicted octanol–water partition coefficient (Wildman–Crippen LogP) is 37.0. The summed E-state index contributed by atoms with van der Waals surface area (Å²) in [6.45, 7) is 64.9. The van der Waals surface area contributed by atoms with Crippen molar-refractivity contribution in [3.63, 3.8) is 0 Å². The monoisotopic (exact) mass is 1790 g/mol. The Bertz CT molecular complexity index is 2820. The number of piperidine rings is 2. The minimum Gasteiger partial charge on any atom is -0.312 e. The van der Waals surface area contributed by atoms with E-state index < -0.39 is 0 Å². The van der Waals surface area contributed by atoms with Gasteiger partial charge in [-0.05, 0) is 628 Å². The maximum absolute atomic E-state index is 4.81. The van der Waals surface area contributed by atoms with Crippen molar-refractivity contribution in [2.75, 3.05) is 13.1 Å². The quantitative estimate of drug-likeness (QED) is 0.181. The van der Waals surface area contributed by atoms with Crippen LogP contribution in [0.3, 0.4) is 0 Å². The van der Waals surface area contributed by atoms with E-state index in [4.69, 9.17) is 10.6 Å². The molecule has 18 atom stereocenters. The Labute approximate surface area is 811 Å². The van der Waals surface area contributed by atoms with E-state index in [1.54, 1.807) is 231 Å². The van der Waals surface area contributed by atoms with E-state index in [2.05, 4.69) is 166 Å². The van der Waals surface area contributed by atoms with Crippen molar-refractivity contribution >= 4 is 0 Å². The van der Waals surface area contributed by atoms with Gasteiger partial charge in [-0.1, -0.05) is 166 Å². The lowest BCUT2D eigenvalue weighted by atomic mass is 9.52. The zero-order chi connectivity index (χ0) is 92.1. The predicted molar refractivity (Wildman–Crippen MR) is 561 cm³/mol. The molecule has 748 valence electrons. The number of rotatable bonds is 14. The molecule has 130 heavy (non-hydrogen) atoms. The van der Waals surface area contributed by atoms with Crippen LogP contribution in [0.4, 0.5) is 0 Å². The van der Waals surface area contributed by atoms with Gasteiger partial charge >= 0.3 is 0 Å². The molecule has 0 aromatic heterocycles. The highest BCUT2D eigenvalue weighted by atomic mass is 15.1. The Morgan fingerprint density at radius 3 is 0.315 bits per heavy atom. The molecule has 2 saturated heterocycles. The first kappa shape index (κ1) is 101. The summed E-state index contributed by atoms with van der Waals surface area (Å²) in [7, 11) is 0. The standard InChI is InChI=1S/C128H226N2/c1-121(2,3)111-43-27-81(28-44-111)91-61-92(82-29-45-112(46-30-82)122(4,5)6)66-99(65-91)103-73-104(100-67-93(83-31-47-113(48-32-83)123(7,8)9)62-94(68-100)84-33-49-114(50-34-84)124(10,11)12)76-107(75-103)109-59-89-25-26-90-60-110(80-130-120(90)119(89)129-79-109)108-77-105(101-69-95(85-35-51-115(52-36-85)125(13,14)15)63-96(70-101)86-37-53-116(54-38-86)126(16,17)18)74-106(78-108)102-71-97(87-39-55-117(56-40-87)127(19,20)21)64-98(72-102)88-41-57-118(58-42-88)128(22,23)24/h81-120,129-130H,25-80H2,1-24H3. The maximum Gasteiger partial charge on any atom is 0.0252 e. The number of nitrogens with one attached hydrogen (secondary N) is 2. The highest BCUT2D eigenvalue weighted by molar-refractivity contribution is 5.09. The van der Waals surface area contributed by atoms with Crippen molar-refractivity contribution in [3.05, 3.63) is 0 Å². The summed E-state index contributed by atoms with van der Waals surface area (Å²) in [4.78, 5) is 0. The van der Waals surface area contributed by atoms with Crippen LogP contribution in [-0.4, -0.2) is 25.2 Å². The molecule has 2 aliphatic heterocycles. The molecule has 15 aliphatic carbocycles. The molecule has 2 N–H and O–H groups in total. The molecule has 2 heterocycles. The minimum absolute atomic E-state index is 0.461. The fraction of sp³-hybridized carbons (Fsp3) is 1.00. The zero-order valence-electron chi connectivity index (χ0n) is 91.7. The summed E-state index contributed by atoms with van der Waals surface area (Å²) in [6.07, 6.45) is 84.3. The highest BCUT2D eigenvalue weighted by Crippen LogP contribution is 2.65. The highest BCUT2D eigenvalue weighted by Gasteiger charge is 2.56. The molecule has 17 fully saturated rings. The van der Waals surface area contributed by atoms with Crippen LogP contribution in [0.2, 0.25) is 0 Å². The van der Waals surface area contributed by atoms with Gasteiger partial charge in [0.05, 0.1) is 0 Å². The lowest BCUT2D eigenvalue weighted by Crippen LogP contribution is -2.64. The maximum atomic E-state index is 4.81. The SMILES string of the molecule is CC(C)(C)C1CCC(C2CC(C3CCC(C(C)(C)C)CC3)CC(C3CC(C4CC(C5CCC(C(C)(C)C)CC5)CC(C5CCC(C(C)(C)C)CC5)C4)CC(C4CNC5C(CCC6CC(C7CC(C8CC(C9CCC(C(C)(C)C)CC9)CC(C9CCC(C(C)(C)C)CC9)C8)CC(C8CC(C9CCC(C(C)(C)C)CC9)CC(C9CCC(C(C)(C)C)CC9)C8)C7)CNC65)C4)C3)C2)CC1. The Morgan fingerprint density at radius 2 is 0.200 bits per heavy atom. The Kier molecular flexibility index (Phi) is 32.2. The van der Waals surface area contributed by atoms with Gasteiger partial charge in [0, 0.05) is 12.1 Å². The van der Waals surface area contributed by atoms with E-state index in [1.807, 2.05) is 0 Å². The first-order chi connectivity index (χ1) is 61.3. The van der Waals surface area contributed by atoms with E-state index >= 15 is 0 Å². The second-order valence-corrected chi connectivity index (χ2v) is 63.7. The average molecular weight is 1790 g/mol. The molecular weight excluding hydrogens is 1570 g/mol. The van der Waals surface area contributed by atoms with Gasteiger partial charge in [0.15, 0.2) is 0 Å². The molecule has 0 aromatic carbocycles. The zero-order valence-corrected chi connectivity index (χ0v) is 91.7. The van der Waals surface area contributed by atoms with E-state index in [0.717, 1.165) is 225 Å². The average Bonchev–Trinajstić information content (AvgIpc) is 0.761. The van der Waals surface area contributed by atoms with Crippen LogP contribution in [0.1, 0.15) is 513 Å². The van der Waals surface area contributed by atoms with Crippen molar-refractivity contribution in [2.45, 2.75) is 525 Å². The molecule has 18 unspecified atom stereocenters. The van der Waals surface area contributed by atoms with Crippen molar-refractivity contribution in [1.82, 2.24) is 10.6 Å². The Hall–Kier alpha value is -0.0800. The Morgan fingerprint density at radius 1 is 0.108 bits per heavy atom. The molecule has 0 spiro atoms. The van der Waals surface area contributed by atoms with Gasteiger partial charge in [0.1, 0.15) is 0 Å². The van der Waals surface area contributed by atoms with Gasteiger partial charge in [-0.3, -0.25) is 0 Å². The first-order valence-electron chi connectivity index (χ1n) is 60.8. The summed E-state index contributed by atoms with van der Waals surface area (Å²) in [5.74, 6) is 36.4. The minimum atomic E-state index is 0.461. The van der Waals surface area contributed by atoms with Crippen LogP contribution in [0.5, 0.6) is 0 Å². The molecule has 0 radical (unpaired) electrons. The molecule has 0 bridgehead atoms. The van der Waals surface area contributed by atoms with Crippen LogP contribution >= 0.6 is 0 Å². The van der Waals surface area contributed by atoms with E-state index in [-0.39, 0.29) is 0 Å². The summed E-state index contributed by atoms with van der Waals surface area (Å²) >= 11 is 0. The first-order valence-corrected chi connectivity index (χ1v) is 60.8. The van der Waals surface area contributed by atoms with Crippen LogP contribution in [-0.2, 0) is 0 Å². The van der Waals surface area contributed by atoms with Gasteiger partial charge in [0.2, 0.25) is 0 Å². The summed E-state index contributed by atoms with van der Waals surface area (Å²) < 4.78 is 0. The smallest absolute Gasteiger partial charge is 0.0252 e. The number of hydrogen-bond donors (Lipinski definition) is 2. The molecule has 2 nitrogen and oxygen atoms in total. The Balaban J connectivity index is 0.638. The fourth-order valence-electron chi connectivity index (χ4n) is 40.0. The lowest BCUT2D eigenvalue weighted by Gasteiger charge is -2.56. The third-order valence-electron chi connectivity index (χ3n) is 49.0. The summed E-state index contributed by atoms with van der Waals surface area (Å²) in [5, 5.41) is 9.61. The van der Waals surface area contributed by atoms with E-state index in [9.17, 15) is 0 Å². The van der Waals surface area contributed by atoms with Crippen LogP contribution < -0.4 is 10.6 Å². The molecule has 0 amide bonds. The topological polar surface area (TPSA) is 24.1 Å². The van der Waals surface area contributed by atoms with Gasteiger partial charge < -0.3 is 10.6 Å². The molecule has 15 saturated carbocycles. The summed E-state index contributed by atoms with van der Waals surface area (Å²) in [6, 6.07) is 1.39. The summed E-state index contributed by atoms with van der Waals surface area (Å²) in [5.41, 5.74) is 3.69. The van der Waals surface area contributed by atoms with Crippen LogP contribution in [0.15, 0.2) is 0 Å². The van der Waals surface area contributed by atoms with Crippen molar-refractivity contribution < 1.29 is 0 Å². The second-order valence-electron chi connectivity index (χ2n) is 63.7. The third-order valence-corrected chi connectivity index (χ3v) is 49.0. The van der Waals surface area contributed by atoms with Crippen LogP contribution in [0, 0.1) is 268 Å². The van der Waals surface area contributed by atoms with Gasteiger partial charge in [-0.25, -0.2) is 0 Å². The lowest BCUT2D eigenvalue weighted by molar-refractivity contribution is -0.0346. The van der Waals surface area contributed by atoms with Crippen molar-refractivity contribution in [2.24, 2.45) is 268 Å². The third kappa shape index (κ3) is 24.3. The fourth-order valence-corrected chi connectivity index (χ4v) is 40.0. The molecule has 2 heteroatoms. The molecule has 0 aromatic rings. The van der Waals surface area contributed by atoms with Gasteiger partial charge in [-0.2, -0.15) is 0 Å². The normalized spacial score (nSPS) is 47.4. The van der Waals surface area contributed by atoms with Gasteiger partial charge in [-0.15, -0.1) is 0 Å².